The Bertz CT molecular complexity index is 408. The number of aromatic amines is 1. The number of H-pyrrole nitrogens is 1. The maximum Gasteiger partial charge on any atom is 0.131 e. The van der Waals surface area contributed by atoms with Crippen molar-refractivity contribution in [2.24, 2.45) is 0 Å². The summed E-state index contributed by atoms with van der Waals surface area (Å²) in [5.74, 6) is 0.749. The van der Waals surface area contributed by atoms with Gasteiger partial charge in [0.2, 0.25) is 0 Å². The van der Waals surface area contributed by atoms with Crippen LogP contribution in [-0.4, -0.2) is 17.3 Å². The molecule has 0 unspecified atom stereocenters. The lowest BCUT2D eigenvalue weighted by atomic mass is 10.2. The molecule has 0 aliphatic carbocycles. The van der Waals surface area contributed by atoms with Gasteiger partial charge in [0.05, 0.1) is 24.2 Å². The number of hydrogen-bond acceptors (Lipinski definition) is 3. The van der Waals surface area contributed by atoms with E-state index in [2.05, 4.69) is 10.2 Å². The number of nitrogens with zero attached hydrogens (tertiary/aromatic N) is 1. The van der Waals surface area contributed by atoms with Crippen LogP contribution in [0, 0.1) is 0 Å². The van der Waals surface area contributed by atoms with E-state index in [4.69, 9.17) is 10.5 Å². The van der Waals surface area contributed by atoms with Crippen LogP contribution in [0.5, 0.6) is 5.75 Å². The number of rotatable bonds is 1. The molecule has 0 bridgehead atoms. The lowest BCUT2D eigenvalue weighted by molar-refractivity contribution is 0.420. The average Bonchev–Trinajstić information content (AvgIpc) is 2.50. The topological polar surface area (TPSA) is 63.9 Å². The third-order valence-electron chi connectivity index (χ3n) is 1.76. The molecule has 1 aromatic heterocycles. The number of nitrogen functional groups attached to an aromatic ring is 1. The first-order valence-corrected chi connectivity index (χ1v) is 3.58. The number of hydrogen-bond donors (Lipinski definition) is 2. The zero-order valence-electron chi connectivity index (χ0n) is 6.66. The van der Waals surface area contributed by atoms with Crippen LogP contribution >= 0.6 is 0 Å². The van der Waals surface area contributed by atoms with Crippen molar-refractivity contribution in [1.29, 1.82) is 0 Å². The SMILES string of the molecule is COc1cc(N)cc2[nH]ncc12. The van der Waals surface area contributed by atoms with E-state index in [0.29, 0.717) is 5.69 Å². The predicted molar refractivity (Wildman–Crippen MR) is 47.1 cm³/mol. The normalized spacial score (nSPS) is 10.4. The van der Waals surface area contributed by atoms with Gasteiger partial charge in [-0.25, -0.2) is 0 Å². The van der Waals surface area contributed by atoms with Crippen molar-refractivity contribution in [3.05, 3.63) is 18.3 Å². The zero-order chi connectivity index (χ0) is 8.55. The van der Waals surface area contributed by atoms with Gasteiger partial charge in [0.1, 0.15) is 5.75 Å². The fourth-order valence-corrected chi connectivity index (χ4v) is 1.21. The van der Waals surface area contributed by atoms with Gasteiger partial charge in [-0.2, -0.15) is 5.10 Å². The summed E-state index contributed by atoms with van der Waals surface area (Å²) >= 11 is 0. The quantitative estimate of drug-likeness (QED) is 0.620. The van der Waals surface area contributed by atoms with E-state index in [-0.39, 0.29) is 0 Å². The summed E-state index contributed by atoms with van der Waals surface area (Å²) in [6, 6.07) is 3.60. The molecule has 3 N–H and O–H groups in total. The molecular formula is C8H9N3O. The molecule has 0 aliphatic heterocycles. The number of methoxy groups -OCH3 is 1. The molecule has 0 spiro atoms. The molecule has 4 heteroatoms. The third kappa shape index (κ3) is 0.887. The van der Waals surface area contributed by atoms with E-state index in [9.17, 15) is 0 Å². The van der Waals surface area contributed by atoms with Gasteiger partial charge in [-0.3, -0.25) is 5.10 Å². The predicted octanol–water partition coefficient (Wildman–Crippen LogP) is 1.15. The van der Waals surface area contributed by atoms with Crippen LogP contribution in [0.25, 0.3) is 10.9 Å². The monoisotopic (exact) mass is 163 g/mol. The van der Waals surface area contributed by atoms with E-state index in [1.54, 1.807) is 19.4 Å². The molecule has 0 aliphatic rings. The number of nitrogens with two attached hydrogens (primary N) is 1. The molecule has 0 radical (unpaired) electrons. The summed E-state index contributed by atoms with van der Waals surface area (Å²) in [4.78, 5) is 0. The van der Waals surface area contributed by atoms with Crippen molar-refractivity contribution < 1.29 is 4.74 Å². The number of fused-ring (bicyclic) bond motifs is 1. The Hall–Kier alpha value is -1.71. The Balaban J connectivity index is 2.80. The van der Waals surface area contributed by atoms with Gasteiger partial charge in [0.25, 0.3) is 0 Å². The van der Waals surface area contributed by atoms with Crippen molar-refractivity contribution in [3.63, 3.8) is 0 Å². The highest BCUT2D eigenvalue weighted by molar-refractivity contribution is 5.87. The van der Waals surface area contributed by atoms with Crippen molar-refractivity contribution in [2.75, 3.05) is 12.8 Å². The molecule has 0 saturated carbocycles. The Labute approximate surface area is 69.3 Å². The molecule has 2 aromatic rings. The third-order valence-corrected chi connectivity index (χ3v) is 1.76. The van der Waals surface area contributed by atoms with E-state index in [0.717, 1.165) is 16.7 Å². The minimum absolute atomic E-state index is 0.670. The Morgan fingerprint density at radius 1 is 1.50 bits per heavy atom. The number of anilines is 1. The van der Waals surface area contributed by atoms with E-state index in [1.807, 2.05) is 6.07 Å². The molecule has 0 amide bonds. The van der Waals surface area contributed by atoms with Gasteiger partial charge < -0.3 is 10.5 Å². The molecule has 1 heterocycles. The van der Waals surface area contributed by atoms with Crippen LogP contribution in [-0.2, 0) is 0 Å². The lowest BCUT2D eigenvalue weighted by Crippen LogP contribution is -1.88. The van der Waals surface area contributed by atoms with Crippen molar-refractivity contribution >= 4 is 16.6 Å². The second-order valence-corrected chi connectivity index (χ2v) is 2.55. The van der Waals surface area contributed by atoms with Crippen molar-refractivity contribution in [2.45, 2.75) is 0 Å². The summed E-state index contributed by atoms with van der Waals surface area (Å²) in [5.41, 5.74) is 7.20. The molecule has 12 heavy (non-hydrogen) atoms. The van der Waals surface area contributed by atoms with Crippen LogP contribution < -0.4 is 10.5 Å². The zero-order valence-corrected chi connectivity index (χ0v) is 6.66. The highest BCUT2D eigenvalue weighted by atomic mass is 16.5. The number of nitrogens with one attached hydrogen (secondary N) is 1. The lowest BCUT2D eigenvalue weighted by Gasteiger charge is -2.01. The van der Waals surface area contributed by atoms with Gasteiger partial charge in [0.15, 0.2) is 0 Å². The minimum Gasteiger partial charge on any atom is -0.496 e. The molecule has 2 rings (SSSR count). The number of aromatic nitrogens is 2. The summed E-state index contributed by atoms with van der Waals surface area (Å²) < 4.78 is 5.13. The summed E-state index contributed by atoms with van der Waals surface area (Å²) in [6.45, 7) is 0. The Kier molecular flexibility index (Phi) is 1.40. The highest BCUT2D eigenvalue weighted by Gasteiger charge is 2.03. The first-order valence-electron chi connectivity index (χ1n) is 3.58. The summed E-state index contributed by atoms with van der Waals surface area (Å²) in [7, 11) is 1.61. The van der Waals surface area contributed by atoms with Gasteiger partial charge in [-0.1, -0.05) is 0 Å². The van der Waals surface area contributed by atoms with Crippen LogP contribution in [0.4, 0.5) is 5.69 Å². The molecule has 4 nitrogen and oxygen atoms in total. The van der Waals surface area contributed by atoms with E-state index >= 15 is 0 Å². The van der Waals surface area contributed by atoms with Crippen molar-refractivity contribution in [1.82, 2.24) is 10.2 Å². The maximum absolute atomic E-state index is 5.63. The molecule has 0 saturated heterocycles. The van der Waals surface area contributed by atoms with E-state index in [1.165, 1.54) is 0 Å². The van der Waals surface area contributed by atoms with E-state index < -0.39 is 0 Å². The second-order valence-electron chi connectivity index (χ2n) is 2.55. The molecule has 0 atom stereocenters. The molecular weight excluding hydrogens is 154 g/mol. The first kappa shape index (κ1) is 6.97. The van der Waals surface area contributed by atoms with Crippen LogP contribution in [0.1, 0.15) is 0 Å². The first-order chi connectivity index (χ1) is 5.81. The number of ether oxygens (including phenoxy) is 1. The smallest absolute Gasteiger partial charge is 0.131 e. The molecule has 1 aromatic carbocycles. The van der Waals surface area contributed by atoms with Crippen LogP contribution in [0.2, 0.25) is 0 Å². The van der Waals surface area contributed by atoms with Crippen LogP contribution in [0.3, 0.4) is 0 Å². The fourth-order valence-electron chi connectivity index (χ4n) is 1.21. The van der Waals surface area contributed by atoms with Crippen molar-refractivity contribution in [3.8, 4) is 5.75 Å². The average molecular weight is 163 g/mol. The standard InChI is InChI=1S/C8H9N3O/c1-12-8-3-5(9)2-7-6(8)4-10-11-7/h2-4H,9H2,1H3,(H,10,11). The maximum atomic E-state index is 5.63. The summed E-state index contributed by atoms with van der Waals surface area (Å²) in [6.07, 6.45) is 1.72. The fraction of sp³-hybridized carbons (Fsp3) is 0.125. The second kappa shape index (κ2) is 2.41. The highest BCUT2D eigenvalue weighted by Crippen LogP contribution is 2.26. The molecule has 0 fully saturated rings. The Morgan fingerprint density at radius 3 is 3.08 bits per heavy atom. The van der Waals surface area contributed by atoms with Crippen LogP contribution in [0.15, 0.2) is 18.3 Å². The minimum atomic E-state index is 0.670. The van der Waals surface area contributed by atoms with Gasteiger partial charge in [-0.05, 0) is 6.07 Å². The molecule has 62 valence electrons. The van der Waals surface area contributed by atoms with Gasteiger partial charge >= 0.3 is 0 Å². The Morgan fingerprint density at radius 2 is 2.33 bits per heavy atom. The van der Waals surface area contributed by atoms with Gasteiger partial charge in [0, 0.05) is 11.8 Å². The summed E-state index contributed by atoms with van der Waals surface area (Å²) in [5, 5.41) is 7.67. The van der Waals surface area contributed by atoms with Gasteiger partial charge in [-0.15, -0.1) is 0 Å². The largest absolute Gasteiger partial charge is 0.496 e. The number of benzene rings is 1.